The van der Waals surface area contributed by atoms with E-state index in [9.17, 15) is 28.6 Å². The normalized spacial score (nSPS) is 29.7. The van der Waals surface area contributed by atoms with Crippen molar-refractivity contribution in [2.24, 2.45) is 11.3 Å². The van der Waals surface area contributed by atoms with Gasteiger partial charge in [0.2, 0.25) is 5.60 Å². The number of aromatic nitrogens is 2. The van der Waals surface area contributed by atoms with Crippen molar-refractivity contribution in [3.8, 4) is 17.5 Å². The van der Waals surface area contributed by atoms with E-state index in [-0.39, 0.29) is 25.0 Å². The summed E-state index contributed by atoms with van der Waals surface area (Å²) in [4.78, 5) is 25.3. The molecule has 7 nitrogen and oxygen atoms in total. The molecule has 1 amide bonds. The maximum absolute atomic E-state index is 14.4. The van der Waals surface area contributed by atoms with Crippen molar-refractivity contribution in [1.29, 1.82) is 0 Å². The van der Waals surface area contributed by atoms with Crippen LogP contribution in [0.15, 0.2) is 24.3 Å². The standard InChI is InChI=1S/C23H21F2N3O4/c1-21-12-16-15(11-17(21)23(21,24)25)18(19(29)30)26-28(16)14-5-3-4-13(10-14)6-7-22(32)8-9-27(2)20(22)31/h3-5,10,17,32H,8-9,11-12H2,1-2H3,(H,29,30)/t17?,21-,22-/m0/s1. The molecule has 2 heterocycles. The minimum absolute atomic E-state index is 0.0246. The van der Waals surface area contributed by atoms with E-state index < -0.39 is 34.7 Å². The lowest BCUT2D eigenvalue weighted by Gasteiger charge is -2.18. The quantitative estimate of drug-likeness (QED) is 0.694. The highest BCUT2D eigenvalue weighted by molar-refractivity contribution is 5.90. The van der Waals surface area contributed by atoms with Crippen LogP contribution in [0.3, 0.4) is 0 Å². The SMILES string of the molecule is CN1CC[C@@](O)(C#Cc2cccc(-n3nc(C(=O)O)c4c3C[C@@]3(C)C(C4)C3(F)F)c2)C1=O. The van der Waals surface area contributed by atoms with Crippen molar-refractivity contribution in [3.63, 3.8) is 0 Å². The molecular weight excluding hydrogens is 420 g/mol. The summed E-state index contributed by atoms with van der Waals surface area (Å²) in [6.45, 7) is 1.93. The van der Waals surface area contributed by atoms with Crippen LogP contribution in [-0.4, -0.2) is 61.9 Å². The molecule has 2 N–H and O–H groups in total. The van der Waals surface area contributed by atoms with Crippen LogP contribution < -0.4 is 0 Å². The monoisotopic (exact) mass is 441 g/mol. The Morgan fingerprint density at radius 2 is 2.09 bits per heavy atom. The fourth-order valence-electron chi connectivity index (χ4n) is 4.95. The first-order valence-electron chi connectivity index (χ1n) is 10.3. The molecule has 2 aromatic rings. The van der Waals surface area contributed by atoms with Gasteiger partial charge < -0.3 is 15.1 Å². The largest absolute Gasteiger partial charge is 0.476 e. The van der Waals surface area contributed by atoms with Crippen molar-refractivity contribution in [2.75, 3.05) is 13.6 Å². The smallest absolute Gasteiger partial charge is 0.356 e. The number of benzene rings is 1. The van der Waals surface area contributed by atoms with Gasteiger partial charge >= 0.3 is 5.97 Å². The number of amides is 1. The maximum atomic E-state index is 14.4. The van der Waals surface area contributed by atoms with Crippen molar-refractivity contribution in [3.05, 3.63) is 46.8 Å². The van der Waals surface area contributed by atoms with E-state index in [1.54, 1.807) is 31.3 Å². The summed E-state index contributed by atoms with van der Waals surface area (Å²) in [5, 5.41) is 24.3. The van der Waals surface area contributed by atoms with Gasteiger partial charge in [-0.3, -0.25) is 4.79 Å². The average Bonchev–Trinajstić information content (AvgIpc) is 3.02. The van der Waals surface area contributed by atoms with Gasteiger partial charge in [-0.1, -0.05) is 24.8 Å². The molecule has 1 saturated carbocycles. The van der Waals surface area contributed by atoms with Gasteiger partial charge in [-0.05, 0) is 24.6 Å². The van der Waals surface area contributed by atoms with Gasteiger partial charge in [-0.15, -0.1) is 0 Å². The van der Waals surface area contributed by atoms with Crippen molar-refractivity contribution in [2.45, 2.75) is 37.7 Å². The van der Waals surface area contributed by atoms with Crippen LogP contribution in [0.5, 0.6) is 0 Å². The average molecular weight is 441 g/mol. The molecule has 1 aromatic carbocycles. The summed E-state index contributed by atoms with van der Waals surface area (Å²) in [7, 11) is 1.60. The van der Waals surface area contributed by atoms with E-state index in [1.807, 2.05) is 0 Å². The Balaban J connectivity index is 1.54. The number of fused-ring (bicyclic) bond motifs is 2. The van der Waals surface area contributed by atoms with Crippen molar-refractivity contribution < 1.29 is 28.6 Å². The van der Waals surface area contributed by atoms with Gasteiger partial charge in [0.05, 0.1) is 5.69 Å². The van der Waals surface area contributed by atoms with E-state index >= 15 is 0 Å². The summed E-state index contributed by atoms with van der Waals surface area (Å²) in [5.74, 6) is 0.0259. The van der Waals surface area contributed by atoms with Gasteiger partial charge in [0.1, 0.15) is 0 Å². The number of aromatic carboxylic acids is 1. The van der Waals surface area contributed by atoms with Gasteiger partial charge in [0.25, 0.3) is 11.8 Å². The summed E-state index contributed by atoms with van der Waals surface area (Å²) >= 11 is 0. The van der Waals surface area contributed by atoms with Gasteiger partial charge in [-0.25, -0.2) is 18.3 Å². The van der Waals surface area contributed by atoms with Crippen LogP contribution in [0.4, 0.5) is 8.78 Å². The Bertz CT molecular complexity index is 1240. The van der Waals surface area contributed by atoms with Gasteiger partial charge in [0, 0.05) is 54.6 Å². The number of rotatable bonds is 2. The Kier molecular flexibility index (Phi) is 4.12. The highest BCUT2D eigenvalue weighted by Crippen LogP contribution is 2.70. The number of likely N-dealkylation sites (N-methyl/N-ethyl adjacent to an activating group) is 1. The molecular formula is C23H21F2N3O4. The molecule has 0 spiro atoms. The van der Waals surface area contributed by atoms with Gasteiger partial charge in [-0.2, -0.15) is 5.10 Å². The third-order valence-corrected chi connectivity index (χ3v) is 7.13. The fourth-order valence-corrected chi connectivity index (χ4v) is 4.95. The Morgan fingerprint density at radius 3 is 2.75 bits per heavy atom. The molecule has 1 saturated heterocycles. The van der Waals surface area contributed by atoms with E-state index in [0.717, 1.165) is 0 Å². The summed E-state index contributed by atoms with van der Waals surface area (Å²) in [5.41, 5.74) is -1.38. The highest BCUT2D eigenvalue weighted by atomic mass is 19.3. The van der Waals surface area contributed by atoms with E-state index in [0.29, 0.717) is 29.1 Å². The van der Waals surface area contributed by atoms with Crippen molar-refractivity contribution in [1.82, 2.24) is 14.7 Å². The molecule has 166 valence electrons. The molecule has 2 aliphatic carbocycles. The second-order valence-corrected chi connectivity index (χ2v) is 9.10. The van der Waals surface area contributed by atoms with E-state index in [2.05, 4.69) is 16.9 Å². The molecule has 3 aliphatic rings. The van der Waals surface area contributed by atoms with Crippen LogP contribution in [0.1, 0.15) is 40.7 Å². The molecule has 9 heteroatoms. The predicted molar refractivity (Wildman–Crippen MR) is 109 cm³/mol. The molecule has 0 radical (unpaired) electrons. The first-order chi connectivity index (χ1) is 15.0. The zero-order valence-electron chi connectivity index (χ0n) is 17.5. The lowest BCUT2D eigenvalue weighted by molar-refractivity contribution is -0.137. The number of carbonyl (C=O) groups is 2. The number of likely N-dealkylation sites (tertiary alicyclic amines) is 1. The summed E-state index contributed by atoms with van der Waals surface area (Å²) < 4.78 is 30.1. The molecule has 0 bridgehead atoms. The van der Waals surface area contributed by atoms with Crippen molar-refractivity contribution >= 4 is 11.9 Å². The zero-order chi connectivity index (χ0) is 23.1. The topological polar surface area (TPSA) is 95.7 Å². The number of carboxylic acid groups (broad SMARTS) is 1. The minimum atomic E-state index is -2.84. The lowest BCUT2D eigenvalue weighted by atomic mass is 9.87. The van der Waals surface area contributed by atoms with Gasteiger partial charge in [0.15, 0.2) is 5.69 Å². The van der Waals surface area contributed by atoms with Crippen LogP contribution in [0.25, 0.3) is 5.69 Å². The molecule has 1 aromatic heterocycles. The Hall–Kier alpha value is -3.25. The van der Waals surface area contributed by atoms with E-state index in [1.165, 1.54) is 16.5 Å². The van der Waals surface area contributed by atoms with Crippen LogP contribution in [0, 0.1) is 23.2 Å². The second kappa shape index (κ2) is 6.39. The molecule has 2 fully saturated rings. The molecule has 5 rings (SSSR count). The first kappa shape index (κ1) is 20.6. The van der Waals surface area contributed by atoms with Crippen LogP contribution >= 0.6 is 0 Å². The molecule has 1 unspecified atom stereocenters. The van der Waals surface area contributed by atoms with E-state index in [4.69, 9.17) is 0 Å². The third kappa shape index (κ3) is 2.72. The Morgan fingerprint density at radius 1 is 1.34 bits per heavy atom. The number of carboxylic acids is 1. The Labute approximate surface area is 182 Å². The summed E-state index contributed by atoms with van der Waals surface area (Å²) in [6, 6.07) is 6.69. The van der Waals surface area contributed by atoms with Crippen LogP contribution in [-0.2, 0) is 17.6 Å². The zero-order valence-corrected chi connectivity index (χ0v) is 17.5. The number of alkyl halides is 2. The first-order valence-corrected chi connectivity index (χ1v) is 10.3. The number of nitrogens with zero attached hydrogens (tertiary/aromatic N) is 3. The number of hydrogen-bond acceptors (Lipinski definition) is 4. The predicted octanol–water partition coefficient (Wildman–Crippen LogP) is 1.89. The number of hydrogen-bond donors (Lipinski definition) is 2. The number of carbonyl (C=O) groups excluding carboxylic acids is 1. The second-order valence-electron chi connectivity index (χ2n) is 9.10. The minimum Gasteiger partial charge on any atom is -0.476 e. The molecule has 3 atom stereocenters. The highest BCUT2D eigenvalue weighted by Gasteiger charge is 2.78. The number of halogens is 2. The number of aliphatic hydroxyl groups is 1. The fraction of sp³-hybridized carbons (Fsp3) is 0.435. The molecule has 32 heavy (non-hydrogen) atoms. The summed E-state index contributed by atoms with van der Waals surface area (Å²) in [6.07, 6.45) is 0.205. The van der Waals surface area contributed by atoms with Crippen LogP contribution in [0.2, 0.25) is 0 Å². The third-order valence-electron chi connectivity index (χ3n) is 7.13. The maximum Gasteiger partial charge on any atom is 0.356 e. The lowest BCUT2D eigenvalue weighted by Crippen LogP contribution is -2.37. The molecule has 1 aliphatic heterocycles.